The normalized spacial score (nSPS) is 12.7. The molecule has 0 aliphatic rings. The van der Waals surface area contributed by atoms with E-state index in [0.717, 1.165) is 5.56 Å². The SMILES string of the molecule is COCC(C)NC(N)=NCc1cccc(C)c1.I. The molecule has 0 aliphatic carbocycles. The maximum absolute atomic E-state index is 5.77. The summed E-state index contributed by atoms with van der Waals surface area (Å²) in [4.78, 5) is 4.29. The predicted octanol–water partition coefficient (Wildman–Crippen LogP) is 2.05. The van der Waals surface area contributed by atoms with Crippen LogP contribution in [0.1, 0.15) is 18.1 Å². The van der Waals surface area contributed by atoms with Crippen LogP contribution in [0.2, 0.25) is 0 Å². The van der Waals surface area contributed by atoms with Crippen LogP contribution in [0.25, 0.3) is 0 Å². The summed E-state index contributed by atoms with van der Waals surface area (Å²) in [6.45, 7) is 5.27. The lowest BCUT2D eigenvalue weighted by Crippen LogP contribution is -2.40. The Hall–Kier alpha value is -0.820. The summed E-state index contributed by atoms with van der Waals surface area (Å²) in [6, 6.07) is 8.41. The molecule has 0 aromatic heterocycles. The highest BCUT2D eigenvalue weighted by molar-refractivity contribution is 14.0. The van der Waals surface area contributed by atoms with Crippen LogP contribution in [0, 0.1) is 6.92 Å². The Bertz CT molecular complexity index is 382. The van der Waals surface area contributed by atoms with Gasteiger partial charge in [0.15, 0.2) is 5.96 Å². The van der Waals surface area contributed by atoms with Crippen molar-refractivity contribution in [2.24, 2.45) is 10.7 Å². The van der Waals surface area contributed by atoms with Gasteiger partial charge >= 0.3 is 0 Å². The number of aliphatic imine (C=N–C) groups is 1. The Morgan fingerprint density at radius 3 is 2.83 bits per heavy atom. The third kappa shape index (κ3) is 6.80. The average molecular weight is 363 g/mol. The van der Waals surface area contributed by atoms with E-state index in [0.29, 0.717) is 19.1 Å². The van der Waals surface area contributed by atoms with Crippen LogP contribution in [0.4, 0.5) is 0 Å². The molecule has 5 heteroatoms. The summed E-state index contributed by atoms with van der Waals surface area (Å²) >= 11 is 0. The molecule has 0 spiro atoms. The van der Waals surface area contributed by atoms with Gasteiger partial charge in [0.25, 0.3) is 0 Å². The van der Waals surface area contributed by atoms with Crippen molar-refractivity contribution in [1.82, 2.24) is 5.32 Å². The zero-order chi connectivity index (χ0) is 12.7. The number of hydrogen-bond donors (Lipinski definition) is 2. The fraction of sp³-hybridized carbons (Fsp3) is 0.462. The molecule has 1 unspecified atom stereocenters. The number of methoxy groups -OCH3 is 1. The fourth-order valence-electron chi connectivity index (χ4n) is 1.58. The Balaban J connectivity index is 0.00000289. The second-order valence-corrected chi connectivity index (χ2v) is 4.19. The van der Waals surface area contributed by atoms with Gasteiger partial charge in [0.2, 0.25) is 0 Å². The van der Waals surface area contributed by atoms with Crippen molar-refractivity contribution >= 4 is 29.9 Å². The Labute approximate surface area is 126 Å². The monoisotopic (exact) mass is 363 g/mol. The molecule has 0 amide bonds. The minimum atomic E-state index is 0. The Morgan fingerprint density at radius 1 is 1.50 bits per heavy atom. The van der Waals surface area contributed by atoms with E-state index >= 15 is 0 Å². The van der Waals surface area contributed by atoms with Gasteiger partial charge in [-0.1, -0.05) is 29.8 Å². The molecule has 3 N–H and O–H groups in total. The van der Waals surface area contributed by atoms with Gasteiger partial charge in [0.1, 0.15) is 0 Å². The lowest BCUT2D eigenvalue weighted by atomic mass is 10.1. The van der Waals surface area contributed by atoms with Gasteiger partial charge in [-0.3, -0.25) is 0 Å². The van der Waals surface area contributed by atoms with E-state index in [9.17, 15) is 0 Å². The van der Waals surface area contributed by atoms with E-state index < -0.39 is 0 Å². The summed E-state index contributed by atoms with van der Waals surface area (Å²) in [5, 5.41) is 3.07. The predicted molar refractivity (Wildman–Crippen MR) is 86.4 cm³/mol. The molecule has 0 saturated carbocycles. The van der Waals surface area contributed by atoms with E-state index in [2.05, 4.69) is 29.4 Å². The van der Waals surface area contributed by atoms with Crippen LogP contribution in [-0.2, 0) is 11.3 Å². The quantitative estimate of drug-likeness (QED) is 0.478. The van der Waals surface area contributed by atoms with Crippen molar-refractivity contribution in [1.29, 1.82) is 0 Å². The summed E-state index contributed by atoms with van der Waals surface area (Å²) in [6.07, 6.45) is 0. The van der Waals surface area contributed by atoms with Crippen LogP contribution in [0.3, 0.4) is 0 Å². The molecular weight excluding hydrogens is 341 g/mol. The van der Waals surface area contributed by atoms with Crippen molar-refractivity contribution in [2.45, 2.75) is 26.4 Å². The van der Waals surface area contributed by atoms with E-state index in [-0.39, 0.29) is 30.0 Å². The van der Waals surface area contributed by atoms with E-state index in [1.807, 2.05) is 19.1 Å². The molecule has 1 aromatic carbocycles. The number of ether oxygens (including phenoxy) is 1. The molecule has 0 aliphatic heterocycles. The number of guanidine groups is 1. The first-order valence-corrected chi connectivity index (χ1v) is 5.72. The minimum absolute atomic E-state index is 0. The Kier molecular flexibility index (Phi) is 8.74. The number of rotatable bonds is 5. The summed E-state index contributed by atoms with van der Waals surface area (Å²) in [7, 11) is 1.66. The third-order valence-electron chi connectivity index (χ3n) is 2.33. The molecule has 102 valence electrons. The van der Waals surface area contributed by atoms with Gasteiger partial charge in [-0.05, 0) is 19.4 Å². The molecular formula is C13H22IN3O. The van der Waals surface area contributed by atoms with Gasteiger partial charge in [-0.15, -0.1) is 24.0 Å². The topological polar surface area (TPSA) is 59.6 Å². The maximum Gasteiger partial charge on any atom is 0.189 e. The maximum atomic E-state index is 5.77. The second-order valence-electron chi connectivity index (χ2n) is 4.19. The van der Waals surface area contributed by atoms with Crippen LogP contribution in [0.5, 0.6) is 0 Å². The number of nitrogens with one attached hydrogen (secondary N) is 1. The van der Waals surface area contributed by atoms with Gasteiger partial charge < -0.3 is 15.8 Å². The largest absolute Gasteiger partial charge is 0.383 e. The van der Waals surface area contributed by atoms with Crippen LogP contribution < -0.4 is 11.1 Å². The summed E-state index contributed by atoms with van der Waals surface area (Å²) in [5.74, 6) is 0.455. The first-order valence-electron chi connectivity index (χ1n) is 5.72. The van der Waals surface area contributed by atoms with Crippen molar-refractivity contribution < 1.29 is 4.74 Å². The molecule has 0 heterocycles. The highest BCUT2D eigenvalue weighted by Gasteiger charge is 2.01. The second kappa shape index (κ2) is 9.16. The van der Waals surface area contributed by atoms with E-state index in [1.54, 1.807) is 7.11 Å². The standard InChI is InChI=1S/C13H21N3O.HI/c1-10-5-4-6-12(7-10)8-15-13(14)16-11(2)9-17-3;/h4-7,11H,8-9H2,1-3H3,(H3,14,15,16);1H. The summed E-state index contributed by atoms with van der Waals surface area (Å²) < 4.78 is 5.01. The van der Waals surface area contributed by atoms with Gasteiger partial charge in [0, 0.05) is 13.2 Å². The zero-order valence-electron chi connectivity index (χ0n) is 11.1. The number of aryl methyl sites for hydroxylation is 1. The number of nitrogens with two attached hydrogens (primary N) is 1. The van der Waals surface area contributed by atoms with Crippen LogP contribution in [0.15, 0.2) is 29.3 Å². The van der Waals surface area contributed by atoms with Crippen molar-refractivity contribution in [3.05, 3.63) is 35.4 Å². The number of nitrogens with zero attached hydrogens (tertiary/aromatic N) is 1. The average Bonchev–Trinajstić information content (AvgIpc) is 2.27. The van der Waals surface area contributed by atoms with Crippen molar-refractivity contribution in [3.63, 3.8) is 0 Å². The molecule has 1 atom stereocenters. The lowest BCUT2D eigenvalue weighted by molar-refractivity contribution is 0.179. The molecule has 18 heavy (non-hydrogen) atoms. The molecule has 1 rings (SSSR count). The van der Waals surface area contributed by atoms with E-state index in [1.165, 1.54) is 5.56 Å². The van der Waals surface area contributed by atoms with Gasteiger partial charge in [-0.2, -0.15) is 0 Å². The molecule has 0 bridgehead atoms. The fourth-order valence-corrected chi connectivity index (χ4v) is 1.58. The molecule has 1 aromatic rings. The lowest BCUT2D eigenvalue weighted by Gasteiger charge is -2.13. The third-order valence-corrected chi connectivity index (χ3v) is 2.33. The smallest absolute Gasteiger partial charge is 0.189 e. The molecule has 4 nitrogen and oxygen atoms in total. The first kappa shape index (κ1) is 17.2. The van der Waals surface area contributed by atoms with Crippen molar-refractivity contribution in [3.8, 4) is 0 Å². The van der Waals surface area contributed by atoms with Gasteiger partial charge in [-0.25, -0.2) is 4.99 Å². The molecule has 0 saturated heterocycles. The first-order chi connectivity index (χ1) is 8.11. The van der Waals surface area contributed by atoms with Crippen LogP contribution in [-0.4, -0.2) is 25.7 Å². The highest BCUT2D eigenvalue weighted by Crippen LogP contribution is 2.04. The number of hydrogen-bond acceptors (Lipinski definition) is 2. The molecule has 0 fully saturated rings. The van der Waals surface area contributed by atoms with E-state index in [4.69, 9.17) is 10.5 Å². The summed E-state index contributed by atoms with van der Waals surface area (Å²) in [5.41, 5.74) is 8.17. The number of benzene rings is 1. The number of halogens is 1. The van der Waals surface area contributed by atoms with Crippen LogP contribution >= 0.6 is 24.0 Å². The highest BCUT2D eigenvalue weighted by atomic mass is 127. The zero-order valence-corrected chi connectivity index (χ0v) is 13.5. The Morgan fingerprint density at radius 2 is 2.22 bits per heavy atom. The van der Waals surface area contributed by atoms with Crippen molar-refractivity contribution in [2.75, 3.05) is 13.7 Å². The minimum Gasteiger partial charge on any atom is -0.383 e. The molecule has 0 radical (unpaired) electrons. The van der Waals surface area contributed by atoms with Gasteiger partial charge in [0.05, 0.1) is 13.2 Å².